The topological polar surface area (TPSA) is 26.3 Å². The van der Waals surface area contributed by atoms with Gasteiger partial charge in [0, 0.05) is 5.02 Å². The summed E-state index contributed by atoms with van der Waals surface area (Å²) < 4.78 is 5.59. The highest BCUT2D eigenvalue weighted by Gasteiger charge is 2.39. The summed E-state index contributed by atoms with van der Waals surface area (Å²) in [6, 6.07) is 7.08. The lowest BCUT2D eigenvalue weighted by molar-refractivity contribution is -0.140. The van der Waals surface area contributed by atoms with Gasteiger partial charge in [-0.25, -0.2) is 0 Å². The number of benzene rings is 1. The lowest BCUT2D eigenvalue weighted by Gasteiger charge is -2.45. The average molecular weight is 415 g/mol. The predicted octanol–water partition coefficient (Wildman–Crippen LogP) is 7.46. The molecule has 1 aromatic carbocycles. The molecule has 3 aliphatic carbocycles. The van der Waals surface area contributed by atoms with Gasteiger partial charge in [-0.05, 0) is 125 Å². The Balaban J connectivity index is 1.24. The first-order valence-corrected chi connectivity index (χ1v) is 12.1. The zero-order valence-electron chi connectivity index (χ0n) is 17.7. The maximum atomic E-state index is 12.5. The van der Waals surface area contributed by atoms with E-state index in [4.69, 9.17) is 16.3 Å². The maximum Gasteiger partial charge on any atom is 0.314 e. The molecule has 2 nitrogen and oxygen atoms in total. The first kappa shape index (κ1) is 21.0. The Morgan fingerprint density at radius 2 is 1.45 bits per heavy atom. The molecule has 3 heteroatoms. The molecule has 1 aromatic rings. The Morgan fingerprint density at radius 3 is 2.14 bits per heavy atom. The number of carbonyl (C=O) groups is 1. The number of ether oxygens (including phenoxy) is 1. The van der Waals surface area contributed by atoms with Gasteiger partial charge in [0.1, 0.15) is 5.75 Å². The molecule has 0 amide bonds. The molecule has 4 unspecified atom stereocenters. The van der Waals surface area contributed by atoms with E-state index in [1.807, 2.05) is 0 Å². The monoisotopic (exact) mass is 414 g/mol. The normalized spacial score (nSPS) is 35.2. The number of rotatable bonds is 4. The predicted molar refractivity (Wildman–Crippen MR) is 119 cm³/mol. The SMILES string of the molecule is C/C=C/C1CCC2CC(C3CCC(C(=O)Oc4ccc(Cl)cc4)CC3)CCC2C1. The Hall–Kier alpha value is -1.28. The van der Waals surface area contributed by atoms with E-state index in [0.717, 1.165) is 42.4 Å². The fourth-order valence-corrected chi connectivity index (χ4v) is 6.49. The van der Waals surface area contributed by atoms with E-state index in [1.165, 1.54) is 51.4 Å². The Labute approximate surface area is 181 Å². The third-order valence-electron chi connectivity index (χ3n) is 7.96. The van der Waals surface area contributed by atoms with Crippen molar-refractivity contribution >= 4 is 17.6 Å². The van der Waals surface area contributed by atoms with Gasteiger partial charge in [0.2, 0.25) is 0 Å². The van der Waals surface area contributed by atoms with Gasteiger partial charge in [-0.1, -0.05) is 23.8 Å². The lowest BCUT2D eigenvalue weighted by atomic mass is 9.61. The summed E-state index contributed by atoms with van der Waals surface area (Å²) >= 11 is 5.91. The van der Waals surface area contributed by atoms with Crippen LogP contribution in [0.5, 0.6) is 5.75 Å². The lowest BCUT2D eigenvalue weighted by Crippen LogP contribution is -2.35. The minimum Gasteiger partial charge on any atom is -0.426 e. The van der Waals surface area contributed by atoms with Crippen molar-refractivity contribution in [3.8, 4) is 5.75 Å². The van der Waals surface area contributed by atoms with E-state index in [1.54, 1.807) is 24.3 Å². The van der Waals surface area contributed by atoms with Crippen molar-refractivity contribution in [2.45, 2.75) is 71.1 Å². The zero-order chi connectivity index (χ0) is 20.2. The number of hydrogen-bond donors (Lipinski definition) is 0. The van der Waals surface area contributed by atoms with E-state index >= 15 is 0 Å². The second-order valence-electron chi connectivity index (χ2n) is 9.68. The van der Waals surface area contributed by atoms with Gasteiger partial charge in [-0.15, -0.1) is 0 Å². The summed E-state index contributed by atoms with van der Waals surface area (Å²) in [5, 5.41) is 0.662. The summed E-state index contributed by atoms with van der Waals surface area (Å²) in [6.07, 6.45) is 17.6. The van der Waals surface area contributed by atoms with Crippen LogP contribution in [-0.2, 0) is 4.79 Å². The molecule has 3 saturated carbocycles. The van der Waals surface area contributed by atoms with Crippen LogP contribution in [0.4, 0.5) is 0 Å². The molecule has 3 fully saturated rings. The first-order chi connectivity index (χ1) is 14.1. The molecular formula is C26H35ClO2. The molecular weight excluding hydrogens is 380 g/mol. The third kappa shape index (κ3) is 5.26. The highest BCUT2D eigenvalue weighted by molar-refractivity contribution is 6.30. The molecule has 3 aliphatic rings. The Morgan fingerprint density at radius 1 is 0.862 bits per heavy atom. The molecule has 0 radical (unpaired) electrons. The van der Waals surface area contributed by atoms with Crippen LogP contribution in [0, 0.1) is 35.5 Å². The summed E-state index contributed by atoms with van der Waals surface area (Å²) in [4.78, 5) is 12.5. The summed E-state index contributed by atoms with van der Waals surface area (Å²) in [7, 11) is 0. The number of halogens is 1. The largest absolute Gasteiger partial charge is 0.426 e. The number of allylic oxidation sites excluding steroid dienone is 2. The first-order valence-electron chi connectivity index (χ1n) is 11.7. The quantitative estimate of drug-likeness (QED) is 0.290. The van der Waals surface area contributed by atoms with Crippen LogP contribution in [0.15, 0.2) is 36.4 Å². The molecule has 0 saturated heterocycles. The minimum absolute atomic E-state index is 0.0585. The summed E-state index contributed by atoms with van der Waals surface area (Å²) in [5.74, 6) is 5.08. The van der Waals surface area contributed by atoms with Crippen LogP contribution < -0.4 is 4.74 Å². The van der Waals surface area contributed by atoms with Crippen molar-refractivity contribution in [3.05, 3.63) is 41.4 Å². The van der Waals surface area contributed by atoms with Crippen molar-refractivity contribution in [2.24, 2.45) is 35.5 Å². The van der Waals surface area contributed by atoms with Crippen molar-refractivity contribution in [3.63, 3.8) is 0 Å². The Bertz CT molecular complexity index is 702. The van der Waals surface area contributed by atoms with E-state index < -0.39 is 0 Å². The zero-order valence-corrected chi connectivity index (χ0v) is 18.4. The summed E-state index contributed by atoms with van der Waals surface area (Å²) in [5.41, 5.74) is 0. The van der Waals surface area contributed by atoms with Crippen molar-refractivity contribution in [1.82, 2.24) is 0 Å². The second-order valence-corrected chi connectivity index (χ2v) is 10.1. The van der Waals surface area contributed by atoms with E-state index in [0.29, 0.717) is 10.8 Å². The van der Waals surface area contributed by atoms with Gasteiger partial charge in [-0.3, -0.25) is 4.79 Å². The van der Waals surface area contributed by atoms with Gasteiger partial charge < -0.3 is 4.74 Å². The number of hydrogen-bond acceptors (Lipinski definition) is 2. The van der Waals surface area contributed by atoms with E-state index in [-0.39, 0.29) is 11.9 Å². The molecule has 0 N–H and O–H groups in total. The van der Waals surface area contributed by atoms with Crippen LogP contribution in [0.25, 0.3) is 0 Å². The molecule has 29 heavy (non-hydrogen) atoms. The van der Waals surface area contributed by atoms with Crippen LogP contribution in [-0.4, -0.2) is 5.97 Å². The van der Waals surface area contributed by atoms with Gasteiger partial charge >= 0.3 is 5.97 Å². The molecule has 0 spiro atoms. The smallest absolute Gasteiger partial charge is 0.314 e. The minimum atomic E-state index is -0.0585. The summed E-state index contributed by atoms with van der Waals surface area (Å²) in [6.45, 7) is 2.16. The fourth-order valence-electron chi connectivity index (χ4n) is 6.37. The molecule has 4 rings (SSSR count). The third-order valence-corrected chi connectivity index (χ3v) is 8.21. The van der Waals surface area contributed by atoms with Crippen molar-refractivity contribution in [1.29, 1.82) is 0 Å². The van der Waals surface area contributed by atoms with Gasteiger partial charge in [-0.2, -0.15) is 0 Å². The molecule has 158 valence electrons. The van der Waals surface area contributed by atoms with E-state index in [2.05, 4.69) is 19.1 Å². The van der Waals surface area contributed by atoms with Crippen LogP contribution in [0.1, 0.15) is 71.1 Å². The fraction of sp³-hybridized carbons (Fsp3) is 0.654. The standard InChI is InChI=1S/C26H35ClO2/c1-2-3-18-4-5-23-17-22(11-10-21(23)16-18)19-6-8-20(9-7-19)26(28)29-25-14-12-24(27)13-15-25/h2-3,12-15,18-23H,4-11,16-17H2,1H3/b3-2+. The van der Waals surface area contributed by atoms with Crippen LogP contribution >= 0.6 is 11.6 Å². The number of carbonyl (C=O) groups excluding carboxylic acids is 1. The maximum absolute atomic E-state index is 12.5. The van der Waals surface area contributed by atoms with E-state index in [9.17, 15) is 4.79 Å². The second kappa shape index (κ2) is 9.69. The van der Waals surface area contributed by atoms with Gasteiger partial charge in [0.25, 0.3) is 0 Å². The van der Waals surface area contributed by atoms with Crippen molar-refractivity contribution in [2.75, 3.05) is 0 Å². The average Bonchev–Trinajstić information content (AvgIpc) is 2.75. The molecule has 0 heterocycles. The Kier molecular flexibility index (Phi) is 7.00. The molecule has 0 aromatic heterocycles. The highest BCUT2D eigenvalue weighted by atomic mass is 35.5. The van der Waals surface area contributed by atoms with Crippen LogP contribution in [0.2, 0.25) is 5.02 Å². The number of esters is 1. The van der Waals surface area contributed by atoms with Gasteiger partial charge in [0.15, 0.2) is 0 Å². The highest BCUT2D eigenvalue weighted by Crippen LogP contribution is 2.49. The molecule has 4 atom stereocenters. The number of fused-ring (bicyclic) bond motifs is 1. The molecule has 0 bridgehead atoms. The molecule has 0 aliphatic heterocycles. The van der Waals surface area contributed by atoms with Crippen LogP contribution in [0.3, 0.4) is 0 Å². The van der Waals surface area contributed by atoms with Gasteiger partial charge in [0.05, 0.1) is 5.92 Å². The van der Waals surface area contributed by atoms with Crippen molar-refractivity contribution < 1.29 is 9.53 Å².